The molecule has 1 spiro atoms. The highest BCUT2D eigenvalue weighted by atomic mass is 16.2. The van der Waals surface area contributed by atoms with E-state index in [1.807, 2.05) is 0 Å². The predicted octanol–water partition coefficient (Wildman–Crippen LogP) is 0.625. The highest BCUT2D eigenvalue weighted by Crippen LogP contribution is 2.54. The molecule has 0 bridgehead atoms. The van der Waals surface area contributed by atoms with E-state index in [4.69, 9.17) is 0 Å². The quantitative estimate of drug-likeness (QED) is 0.643. The van der Waals surface area contributed by atoms with E-state index < -0.39 is 0 Å². The Morgan fingerprint density at radius 1 is 1.20 bits per heavy atom. The Kier molecular flexibility index (Phi) is 1.89. The minimum atomic E-state index is -0.0129. The van der Waals surface area contributed by atoms with E-state index in [-0.39, 0.29) is 23.4 Å². The fourth-order valence-corrected chi connectivity index (χ4v) is 2.78. The van der Waals surface area contributed by atoms with Gasteiger partial charge in [0.1, 0.15) is 0 Å². The van der Waals surface area contributed by atoms with Crippen LogP contribution in [0.3, 0.4) is 0 Å². The molecular weight excluding hydrogens is 192 g/mol. The highest BCUT2D eigenvalue weighted by molar-refractivity contribution is 5.99. The molecule has 4 heteroatoms. The minimum Gasteiger partial charge on any atom is -0.297 e. The Morgan fingerprint density at radius 3 is 2.33 bits per heavy atom. The third kappa shape index (κ3) is 1.47. The summed E-state index contributed by atoms with van der Waals surface area (Å²) in [6, 6.07) is 0. The predicted molar refractivity (Wildman–Crippen MR) is 53.8 cm³/mol. The first-order valence-corrected chi connectivity index (χ1v) is 5.79. The second-order valence-electron chi connectivity index (χ2n) is 5.12. The summed E-state index contributed by atoms with van der Waals surface area (Å²) >= 11 is 0. The largest absolute Gasteiger partial charge is 0.297 e. The number of nitrogens with zero attached hydrogens (tertiary/aromatic N) is 1. The van der Waals surface area contributed by atoms with Crippen LogP contribution < -0.4 is 5.32 Å². The van der Waals surface area contributed by atoms with E-state index in [2.05, 4.69) is 5.32 Å². The van der Waals surface area contributed by atoms with Crippen LogP contribution in [0.2, 0.25) is 0 Å². The zero-order valence-electron chi connectivity index (χ0n) is 8.79. The molecule has 0 aromatic heterocycles. The van der Waals surface area contributed by atoms with Crippen molar-refractivity contribution in [2.75, 3.05) is 6.54 Å². The normalized spacial score (nSPS) is 33.9. The van der Waals surface area contributed by atoms with Gasteiger partial charge in [0, 0.05) is 12.8 Å². The molecule has 2 saturated heterocycles. The fraction of sp³-hybridized carbons (Fsp3) is 0.818. The second kappa shape index (κ2) is 3.04. The number of carbonyl (C=O) groups is 2. The van der Waals surface area contributed by atoms with E-state index >= 15 is 0 Å². The van der Waals surface area contributed by atoms with Gasteiger partial charge in [0.25, 0.3) is 0 Å². The molecule has 4 nitrogen and oxygen atoms in total. The molecule has 1 saturated carbocycles. The van der Waals surface area contributed by atoms with Crippen molar-refractivity contribution >= 4 is 11.8 Å². The van der Waals surface area contributed by atoms with Crippen molar-refractivity contribution in [1.82, 2.24) is 10.2 Å². The number of rotatable bonds is 1. The lowest BCUT2D eigenvalue weighted by Crippen LogP contribution is -2.53. The van der Waals surface area contributed by atoms with Crippen molar-refractivity contribution in [1.29, 1.82) is 0 Å². The van der Waals surface area contributed by atoms with Gasteiger partial charge in [0.15, 0.2) is 0 Å². The number of carbonyl (C=O) groups excluding carboxylic acids is 2. The van der Waals surface area contributed by atoms with Gasteiger partial charge in [-0.25, -0.2) is 0 Å². The summed E-state index contributed by atoms with van der Waals surface area (Å²) in [4.78, 5) is 25.3. The molecule has 3 fully saturated rings. The summed E-state index contributed by atoms with van der Waals surface area (Å²) in [6.45, 7) is 0.923. The summed E-state index contributed by atoms with van der Waals surface area (Å²) in [5.41, 5.74) is 0.0866. The van der Waals surface area contributed by atoms with Crippen LogP contribution in [0.1, 0.15) is 38.5 Å². The molecule has 0 radical (unpaired) electrons. The molecule has 1 atom stereocenters. The average Bonchev–Trinajstić information content (AvgIpc) is 2.72. The van der Waals surface area contributed by atoms with Gasteiger partial charge in [-0.15, -0.1) is 0 Å². The lowest BCUT2D eigenvalue weighted by atomic mass is 9.92. The van der Waals surface area contributed by atoms with Crippen molar-refractivity contribution in [2.45, 2.75) is 44.7 Å². The van der Waals surface area contributed by atoms with Crippen molar-refractivity contribution in [3.8, 4) is 0 Å². The van der Waals surface area contributed by atoms with Crippen molar-refractivity contribution in [3.05, 3.63) is 0 Å². The SMILES string of the molecule is O=C1CC2(CC2)CC(=O)N1C1CCCN1. The van der Waals surface area contributed by atoms with Crippen LogP contribution in [-0.4, -0.2) is 29.4 Å². The maximum absolute atomic E-state index is 11.9. The zero-order valence-corrected chi connectivity index (χ0v) is 8.79. The van der Waals surface area contributed by atoms with Gasteiger partial charge in [-0.1, -0.05) is 0 Å². The average molecular weight is 208 g/mol. The van der Waals surface area contributed by atoms with Crippen molar-refractivity contribution in [3.63, 3.8) is 0 Å². The molecule has 3 rings (SSSR count). The number of nitrogens with one attached hydrogen (secondary N) is 1. The molecule has 1 aliphatic carbocycles. The lowest BCUT2D eigenvalue weighted by molar-refractivity contribution is -0.154. The van der Waals surface area contributed by atoms with E-state index in [1.165, 1.54) is 4.90 Å². The van der Waals surface area contributed by atoms with Gasteiger partial charge in [-0.2, -0.15) is 0 Å². The highest BCUT2D eigenvalue weighted by Gasteiger charge is 2.52. The third-order valence-electron chi connectivity index (χ3n) is 3.89. The topological polar surface area (TPSA) is 49.4 Å². The second-order valence-corrected chi connectivity index (χ2v) is 5.12. The summed E-state index contributed by atoms with van der Waals surface area (Å²) in [7, 11) is 0. The Bertz CT molecular complexity index is 297. The van der Waals surface area contributed by atoms with Gasteiger partial charge < -0.3 is 0 Å². The number of hydrogen-bond donors (Lipinski definition) is 1. The van der Waals surface area contributed by atoms with Crippen molar-refractivity contribution < 1.29 is 9.59 Å². The molecule has 0 aromatic carbocycles. The van der Waals surface area contributed by atoms with Crippen LogP contribution in [0, 0.1) is 5.41 Å². The first-order valence-electron chi connectivity index (χ1n) is 5.79. The fourth-order valence-electron chi connectivity index (χ4n) is 2.78. The van der Waals surface area contributed by atoms with Gasteiger partial charge >= 0.3 is 0 Å². The molecule has 2 aliphatic heterocycles. The minimum absolute atomic E-state index is 0.0129. The molecule has 82 valence electrons. The monoisotopic (exact) mass is 208 g/mol. The Balaban J connectivity index is 1.77. The van der Waals surface area contributed by atoms with Crippen LogP contribution in [0.5, 0.6) is 0 Å². The number of likely N-dealkylation sites (tertiary alicyclic amines) is 1. The molecule has 1 N–H and O–H groups in total. The van der Waals surface area contributed by atoms with Gasteiger partial charge in [-0.05, 0) is 37.6 Å². The molecule has 1 unspecified atom stereocenters. The van der Waals surface area contributed by atoms with E-state index in [0.29, 0.717) is 12.8 Å². The molecule has 3 aliphatic rings. The third-order valence-corrected chi connectivity index (χ3v) is 3.89. The number of amides is 2. The maximum Gasteiger partial charge on any atom is 0.231 e. The van der Waals surface area contributed by atoms with Gasteiger partial charge in [0.2, 0.25) is 11.8 Å². The number of piperidine rings is 1. The van der Waals surface area contributed by atoms with Crippen LogP contribution >= 0.6 is 0 Å². The summed E-state index contributed by atoms with van der Waals surface area (Å²) < 4.78 is 0. The number of hydrogen-bond acceptors (Lipinski definition) is 3. The first-order chi connectivity index (χ1) is 7.20. The Labute approximate surface area is 89.0 Å². The summed E-state index contributed by atoms with van der Waals surface area (Å²) in [6.07, 6.45) is 5.29. The Morgan fingerprint density at radius 2 is 1.87 bits per heavy atom. The molecule has 2 heterocycles. The molecule has 2 amide bonds. The van der Waals surface area contributed by atoms with E-state index in [1.54, 1.807) is 0 Å². The standard InChI is InChI=1S/C11H16N2O2/c14-9-6-11(3-4-11)7-10(15)13(9)8-2-1-5-12-8/h8,12H,1-7H2. The van der Waals surface area contributed by atoms with Gasteiger partial charge in [-0.3, -0.25) is 19.8 Å². The smallest absolute Gasteiger partial charge is 0.231 e. The lowest BCUT2D eigenvalue weighted by Gasteiger charge is -2.34. The van der Waals surface area contributed by atoms with Crippen LogP contribution in [0.15, 0.2) is 0 Å². The van der Waals surface area contributed by atoms with Gasteiger partial charge in [0.05, 0.1) is 6.17 Å². The molecule has 15 heavy (non-hydrogen) atoms. The Hall–Kier alpha value is -0.900. The first kappa shape index (κ1) is 9.33. The van der Waals surface area contributed by atoms with Crippen LogP contribution in [-0.2, 0) is 9.59 Å². The summed E-state index contributed by atoms with van der Waals surface area (Å²) in [5, 5.41) is 3.22. The van der Waals surface area contributed by atoms with E-state index in [0.717, 1.165) is 32.2 Å². The summed E-state index contributed by atoms with van der Waals surface area (Å²) in [5.74, 6) is 0.0892. The maximum atomic E-state index is 11.9. The molecule has 0 aromatic rings. The van der Waals surface area contributed by atoms with Crippen LogP contribution in [0.4, 0.5) is 0 Å². The molecular formula is C11H16N2O2. The zero-order chi connectivity index (χ0) is 10.5. The van der Waals surface area contributed by atoms with E-state index in [9.17, 15) is 9.59 Å². The van der Waals surface area contributed by atoms with Crippen LogP contribution in [0.25, 0.3) is 0 Å². The number of imide groups is 1. The van der Waals surface area contributed by atoms with Crippen molar-refractivity contribution in [2.24, 2.45) is 5.41 Å².